The van der Waals surface area contributed by atoms with E-state index in [0.717, 1.165) is 5.56 Å². The third-order valence-corrected chi connectivity index (χ3v) is 8.06. The molecule has 0 saturated heterocycles. The third-order valence-electron chi connectivity index (χ3n) is 6.33. The minimum atomic E-state index is -0.764. The average molecular weight is 583 g/mol. The van der Waals surface area contributed by atoms with Crippen molar-refractivity contribution in [1.29, 1.82) is 0 Å². The number of allylic oxidation sites excluding steroid dienone is 1. The molecule has 198 valence electrons. The molecule has 0 radical (unpaired) electrons. The predicted molar refractivity (Wildman–Crippen MR) is 147 cm³/mol. The van der Waals surface area contributed by atoms with Crippen LogP contribution in [0, 0.1) is 0 Å². The van der Waals surface area contributed by atoms with E-state index in [9.17, 15) is 9.59 Å². The molecule has 0 bridgehead atoms. The second kappa shape index (κ2) is 10.1. The van der Waals surface area contributed by atoms with Crippen molar-refractivity contribution in [2.45, 2.75) is 19.9 Å². The Hall–Kier alpha value is -3.79. The summed E-state index contributed by atoms with van der Waals surface area (Å²) in [6.45, 7) is 3.76. The summed E-state index contributed by atoms with van der Waals surface area (Å²) in [5, 5.41) is 0.861. The van der Waals surface area contributed by atoms with Crippen LogP contribution in [0.2, 0.25) is 10.0 Å². The lowest BCUT2D eigenvalue weighted by Crippen LogP contribution is -2.39. The van der Waals surface area contributed by atoms with Crippen molar-refractivity contribution in [2.24, 2.45) is 4.99 Å². The molecule has 2 aromatic carbocycles. The number of furan rings is 1. The van der Waals surface area contributed by atoms with Gasteiger partial charge in [0.25, 0.3) is 5.56 Å². The van der Waals surface area contributed by atoms with Gasteiger partial charge in [0.15, 0.2) is 16.3 Å². The van der Waals surface area contributed by atoms with Crippen LogP contribution in [-0.2, 0) is 9.53 Å². The lowest BCUT2D eigenvalue weighted by molar-refractivity contribution is -0.139. The van der Waals surface area contributed by atoms with Gasteiger partial charge in [0, 0.05) is 11.6 Å². The number of ether oxygens (including phenoxy) is 3. The number of thiazole rings is 1. The summed E-state index contributed by atoms with van der Waals surface area (Å²) in [5.74, 6) is 1.65. The lowest BCUT2D eigenvalue weighted by Gasteiger charge is -2.24. The first-order chi connectivity index (χ1) is 18.8. The molecule has 2 aromatic heterocycles. The van der Waals surface area contributed by atoms with Gasteiger partial charge in [0.1, 0.15) is 11.5 Å². The van der Waals surface area contributed by atoms with Crippen molar-refractivity contribution in [1.82, 2.24) is 4.57 Å². The molecule has 1 atom stereocenters. The van der Waals surface area contributed by atoms with E-state index in [1.54, 1.807) is 62.4 Å². The zero-order valence-electron chi connectivity index (χ0n) is 20.7. The quantitative estimate of drug-likeness (QED) is 0.304. The molecule has 1 unspecified atom stereocenters. The maximum Gasteiger partial charge on any atom is 0.338 e. The van der Waals surface area contributed by atoms with Gasteiger partial charge in [-0.1, -0.05) is 40.6 Å². The van der Waals surface area contributed by atoms with Gasteiger partial charge in [-0.3, -0.25) is 9.36 Å². The number of benzene rings is 2. The van der Waals surface area contributed by atoms with E-state index < -0.39 is 12.0 Å². The van der Waals surface area contributed by atoms with Crippen LogP contribution in [0.1, 0.15) is 31.2 Å². The van der Waals surface area contributed by atoms with E-state index in [4.69, 9.17) is 41.8 Å². The van der Waals surface area contributed by atoms with Gasteiger partial charge in [-0.25, -0.2) is 9.79 Å². The van der Waals surface area contributed by atoms with Crippen molar-refractivity contribution in [3.8, 4) is 22.8 Å². The summed E-state index contributed by atoms with van der Waals surface area (Å²) in [6.07, 6.45) is 1.66. The van der Waals surface area contributed by atoms with Gasteiger partial charge in [-0.2, -0.15) is 0 Å². The largest absolute Gasteiger partial charge is 0.463 e. The fraction of sp³-hybridized carbons (Fsp3) is 0.179. The number of fused-ring (bicyclic) bond motifs is 2. The average Bonchev–Trinajstić information content (AvgIpc) is 3.64. The van der Waals surface area contributed by atoms with Crippen molar-refractivity contribution < 1.29 is 23.4 Å². The Bertz CT molecular complexity index is 1850. The van der Waals surface area contributed by atoms with Crippen LogP contribution < -0.4 is 24.4 Å². The molecule has 0 fully saturated rings. The molecule has 4 heterocycles. The number of halogens is 2. The van der Waals surface area contributed by atoms with E-state index in [-0.39, 0.29) is 24.5 Å². The predicted octanol–water partition coefficient (Wildman–Crippen LogP) is 5.09. The Morgan fingerprint density at radius 1 is 1.13 bits per heavy atom. The monoisotopic (exact) mass is 582 g/mol. The van der Waals surface area contributed by atoms with Crippen LogP contribution >= 0.6 is 34.5 Å². The summed E-state index contributed by atoms with van der Waals surface area (Å²) >= 11 is 13.4. The van der Waals surface area contributed by atoms with Crippen LogP contribution in [0.25, 0.3) is 17.4 Å². The standard InChI is InChI=1S/C28H20Cl2N2O6S/c1-3-35-27(34)24-14(2)31-28-32(25(24)16-5-8-21-22(11-16)37-13-36-21)26(33)23(39-28)12-17-6-9-20(38-17)15-4-7-18(29)19(30)10-15/h4-12,25H,3,13H2,1-2H3/b23-12+. The normalized spacial score (nSPS) is 16.3. The molecule has 4 aromatic rings. The topological polar surface area (TPSA) is 92.3 Å². The molecule has 6 rings (SSSR count). The Balaban J connectivity index is 1.47. The number of rotatable bonds is 5. The highest BCUT2D eigenvalue weighted by atomic mass is 35.5. The van der Waals surface area contributed by atoms with Crippen LogP contribution in [0.4, 0.5) is 0 Å². The molecule has 39 heavy (non-hydrogen) atoms. The lowest BCUT2D eigenvalue weighted by atomic mass is 9.95. The second-order valence-corrected chi connectivity index (χ2v) is 10.6. The van der Waals surface area contributed by atoms with E-state index in [2.05, 4.69) is 4.99 Å². The summed E-state index contributed by atoms with van der Waals surface area (Å²) in [7, 11) is 0. The zero-order chi connectivity index (χ0) is 27.3. The second-order valence-electron chi connectivity index (χ2n) is 8.75. The molecule has 2 aliphatic rings. The first-order valence-electron chi connectivity index (χ1n) is 12.0. The zero-order valence-corrected chi connectivity index (χ0v) is 23.0. The molecule has 0 amide bonds. The van der Waals surface area contributed by atoms with Gasteiger partial charge in [-0.15, -0.1) is 0 Å². The molecule has 2 aliphatic heterocycles. The summed E-state index contributed by atoms with van der Waals surface area (Å²) in [4.78, 5) is 31.9. The molecule has 11 heteroatoms. The number of nitrogens with zero attached hydrogens (tertiary/aromatic N) is 2. The van der Waals surface area contributed by atoms with Gasteiger partial charge in [-0.05, 0) is 61.9 Å². The number of aromatic nitrogens is 1. The highest BCUT2D eigenvalue weighted by molar-refractivity contribution is 7.07. The van der Waals surface area contributed by atoms with Gasteiger partial charge >= 0.3 is 5.97 Å². The minimum absolute atomic E-state index is 0.106. The van der Waals surface area contributed by atoms with Crippen molar-refractivity contribution in [3.05, 3.63) is 101 Å². The van der Waals surface area contributed by atoms with Gasteiger partial charge in [0.05, 0.1) is 38.5 Å². The molecule has 0 N–H and O–H groups in total. The first kappa shape index (κ1) is 25.5. The number of carbonyl (C=O) groups is 1. The number of esters is 1. The van der Waals surface area contributed by atoms with E-state index in [0.29, 0.717) is 53.7 Å². The Kier molecular flexibility index (Phi) is 6.58. The molecule has 8 nitrogen and oxygen atoms in total. The van der Waals surface area contributed by atoms with Crippen LogP contribution in [0.3, 0.4) is 0 Å². The molecule has 0 spiro atoms. The number of hydrogen-bond acceptors (Lipinski definition) is 8. The third kappa shape index (κ3) is 4.56. The smallest absolute Gasteiger partial charge is 0.338 e. The number of carbonyl (C=O) groups excluding carboxylic acids is 1. The first-order valence-corrected chi connectivity index (χ1v) is 13.6. The van der Waals surface area contributed by atoms with Gasteiger partial charge in [0.2, 0.25) is 6.79 Å². The van der Waals surface area contributed by atoms with Crippen LogP contribution in [0.5, 0.6) is 11.5 Å². The minimum Gasteiger partial charge on any atom is -0.463 e. The van der Waals surface area contributed by atoms with Gasteiger partial charge < -0.3 is 18.6 Å². The summed E-state index contributed by atoms with van der Waals surface area (Å²) < 4.78 is 24.2. The van der Waals surface area contributed by atoms with Crippen LogP contribution in [-0.4, -0.2) is 23.9 Å². The highest BCUT2D eigenvalue weighted by Gasteiger charge is 2.34. The Morgan fingerprint density at radius 2 is 1.95 bits per heavy atom. The van der Waals surface area contributed by atoms with E-state index in [1.807, 2.05) is 6.07 Å². The Labute approximate surface area is 236 Å². The van der Waals surface area contributed by atoms with E-state index >= 15 is 0 Å². The molecule has 0 saturated carbocycles. The van der Waals surface area contributed by atoms with E-state index in [1.165, 1.54) is 15.9 Å². The maximum absolute atomic E-state index is 13.8. The van der Waals surface area contributed by atoms with Crippen molar-refractivity contribution >= 4 is 46.6 Å². The fourth-order valence-electron chi connectivity index (χ4n) is 4.55. The Morgan fingerprint density at radius 3 is 2.74 bits per heavy atom. The van der Waals surface area contributed by atoms with Crippen molar-refractivity contribution in [2.75, 3.05) is 13.4 Å². The fourth-order valence-corrected chi connectivity index (χ4v) is 5.88. The van der Waals surface area contributed by atoms with Crippen molar-refractivity contribution in [3.63, 3.8) is 0 Å². The number of hydrogen-bond donors (Lipinski definition) is 0. The maximum atomic E-state index is 13.8. The molecule has 0 aliphatic carbocycles. The molecular weight excluding hydrogens is 563 g/mol. The SMILES string of the molecule is CCOC(=O)C1=C(C)N=c2s/c(=C/c3ccc(-c4ccc(Cl)c(Cl)c4)o3)c(=O)n2C1c1ccc2c(c1)OCO2. The highest BCUT2D eigenvalue weighted by Crippen LogP contribution is 2.38. The van der Waals surface area contributed by atoms with Crippen LogP contribution in [0.15, 0.2) is 74.0 Å². The summed E-state index contributed by atoms with van der Waals surface area (Å²) in [6, 6.07) is 13.3. The summed E-state index contributed by atoms with van der Waals surface area (Å²) in [5.41, 5.74) is 1.87. The molecular formula is C28H20Cl2N2O6S.